The van der Waals surface area contributed by atoms with Gasteiger partial charge < -0.3 is 29.7 Å². The van der Waals surface area contributed by atoms with Crippen LogP contribution in [0, 0.1) is 0 Å². The van der Waals surface area contributed by atoms with Crippen LogP contribution in [0.4, 0.5) is 4.79 Å². The molecule has 0 aromatic heterocycles. The summed E-state index contributed by atoms with van der Waals surface area (Å²) in [6, 6.07) is 17.0. The fourth-order valence-electron chi connectivity index (χ4n) is 9.65. The minimum Gasteiger partial charge on any atom is -0.466 e. The lowest BCUT2D eigenvalue weighted by molar-refractivity contribution is -0.150. The van der Waals surface area contributed by atoms with Crippen LogP contribution in [0.2, 0.25) is 0 Å². The first kappa shape index (κ1) is 73.8. The van der Waals surface area contributed by atoms with Crippen molar-refractivity contribution in [2.75, 3.05) is 53.1 Å². The SMILES string of the molecule is CCCCCCCCCOC(=O)CCCCCCCN(CCCCCCCC(=O)OC(CCCCCCCC)CCCCCCCC)CCCN/C(=N/S(C)(=O)=O)N(C)C.O=C(O)NS(=O)(=O)C(c1ccccc1)c1ccccc1. The summed E-state index contributed by atoms with van der Waals surface area (Å²) < 4.78 is 65.0. The molecule has 0 fully saturated rings. The zero-order valence-corrected chi connectivity index (χ0v) is 52.4. The van der Waals surface area contributed by atoms with E-state index in [0.717, 1.165) is 135 Å². The number of esters is 2. The second-order valence-corrected chi connectivity index (χ2v) is 25.3. The first-order chi connectivity index (χ1) is 38.5. The number of nitrogens with one attached hydrogen (secondary N) is 2. The van der Waals surface area contributed by atoms with Crippen LogP contribution in [-0.4, -0.2) is 115 Å². The smallest absolute Gasteiger partial charge is 0.418 e. The Hall–Kier alpha value is -4.22. The lowest BCUT2D eigenvalue weighted by Gasteiger charge is -2.23. The number of rotatable bonds is 48. The fourth-order valence-corrected chi connectivity index (χ4v) is 11.6. The maximum absolute atomic E-state index is 12.9. The van der Waals surface area contributed by atoms with Gasteiger partial charge in [0.1, 0.15) is 11.4 Å². The molecule has 2 aromatic carbocycles. The second kappa shape index (κ2) is 48.3. The summed E-state index contributed by atoms with van der Waals surface area (Å²) in [7, 11) is -3.98. The molecule has 0 radical (unpaired) electrons. The Kier molecular flexibility index (Phi) is 44.6. The number of benzene rings is 2. The van der Waals surface area contributed by atoms with Gasteiger partial charge in [0, 0.05) is 33.5 Å². The van der Waals surface area contributed by atoms with Crippen molar-refractivity contribution in [3.8, 4) is 0 Å². The topological polar surface area (TPSA) is 201 Å². The van der Waals surface area contributed by atoms with Gasteiger partial charge >= 0.3 is 18.0 Å². The van der Waals surface area contributed by atoms with Crippen molar-refractivity contribution in [2.24, 2.45) is 4.40 Å². The van der Waals surface area contributed by atoms with Crippen molar-refractivity contribution >= 4 is 44.0 Å². The van der Waals surface area contributed by atoms with E-state index < -0.39 is 31.4 Å². The summed E-state index contributed by atoms with van der Waals surface area (Å²) in [6.07, 6.45) is 38.0. The van der Waals surface area contributed by atoms with Crippen LogP contribution in [0.25, 0.3) is 0 Å². The number of guanidine groups is 1. The quantitative estimate of drug-likeness (QED) is 0.0245. The molecule has 460 valence electrons. The molecule has 80 heavy (non-hydrogen) atoms. The molecule has 2 rings (SSSR count). The van der Waals surface area contributed by atoms with Crippen LogP contribution < -0.4 is 10.0 Å². The van der Waals surface area contributed by atoms with Gasteiger partial charge in [0.2, 0.25) is 16.0 Å². The number of carbonyl (C=O) groups excluding carboxylic acids is 2. The highest BCUT2D eigenvalue weighted by atomic mass is 32.2. The Morgan fingerprint density at radius 1 is 0.537 bits per heavy atom. The summed E-state index contributed by atoms with van der Waals surface area (Å²) in [5.74, 6) is 0.307. The van der Waals surface area contributed by atoms with Gasteiger partial charge in [-0.2, -0.15) is 0 Å². The van der Waals surface area contributed by atoms with E-state index in [1.807, 2.05) is 0 Å². The minimum atomic E-state index is -4.08. The second-order valence-electron chi connectivity index (χ2n) is 21.9. The van der Waals surface area contributed by atoms with E-state index >= 15 is 0 Å². The van der Waals surface area contributed by atoms with Crippen LogP contribution in [0.5, 0.6) is 0 Å². The van der Waals surface area contributed by atoms with Crippen LogP contribution in [0.3, 0.4) is 0 Å². The summed E-state index contributed by atoms with van der Waals surface area (Å²) >= 11 is 0. The predicted octanol–water partition coefficient (Wildman–Crippen LogP) is 14.9. The monoisotopic (exact) mass is 1160 g/mol. The molecule has 17 heteroatoms. The van der Waals surface area contributed by atoms with Crippen LogP contribution in [-0.2, 0) is 39.1 Å². The standard InChI is InChI=1S/C49H98N4O6S.C14H13NO4S/c1-7-10-13-16-19-28-35-45-58-47(54)39-31-24-20-26-33-42-53(44-36-41-50-49(52(4)5)51-60(6,56)57)43-34-27-21-25-32-40-48(55)59-46(37-29-22-17-14-11-8-2)38-30-23-18-15-12-9-3;16-14(17)15-20(18,19)13(11-7-3-1-4-8-11)12-9-5-2-6-10-12/h46H,7-45H2,1-6H3,(H,50,51);1-10,13,15H,(H,16,17). The Labute approximate surface area is 487 Å². The number of carbonyl (C=O) groups is 3. The van der Waals surface area contributed by atoms with E-state index in [1.54, 1.807) is 84.4 Å². The van der Waals surface area contributed by atoms with Gasteiger partial charge in [-0.15, -0.1) is 4.40 Å². The average molecular weight is 1160 g/mol. The third-order valence-electron chi connectivity index (χ3n) is 14.1. The van der Waals surface area contributed by atoms with E-state index in [2.05, 4.69) is 35.4 Å². The number of ether oxygens (including phenoxy) is 2. The molecule has 0 saturated heterocycles. The largest absolute Gasteiger partial charge is 0.466 e. The molecule has 0 aliphatic rings. The highest BCUT2D eigenvalue weighted by Crippen LogP contribution is 2.29. The molecular formula is C63H111N5O10S2. The molecule has 2 aromatic rings. The number of sulfonamides is 2. The Morgan fingerprint density at radius 3 is 1.38 bits per heavy atom. The normalized spacial score (nSPS) is 11.9. The maximum atomic E-state index is 12.9. The first-order valence-corrected chi connectivity index (χ1v) is 34.5. The lowest BCUT2D eigenvalue weighted by Crippen LogP contribution is -2.38. The molecule has 0 aliphatic carbocycles. The van der Waals surface area contributed by atoms with Crippen LogP contribution in [0.1, 0.15) is 255 Å². The van der Waals surface area contributed by atoms with Gasteiger partial charge in [-0.05, 0) is 95.0 Å². The number of unbranched alkanes of at least 4 members (excludes halogenated alkanes) is 24. The van der Waals surface area contributed by atoms with E-state index in [0.29, 0.717) is 43.1 Å². The van der Waals surface area contributed by atoms with Gasteiger partial charge in [-0.1, -0.05) is 223 Å². The molecule has 0 atom stereocenters. The Balaban J connectivity index is 0.00000132. The van der Waals surface area contributed by atoms with Crippen LogP contribution in [0.15, 0.2) is 65.1 Å². The zero-order valence-electron chi connectivity index (χ0n) is 50.8. The van der Waals surface area contributed by atoms with E-state index in [9.17, 15) is 31.2 Å². The summed E-state index contributed by atoms with van der Waals surface area (Å²) in [5.41, 5.74) is 1.01. The summed E-state index contributed by atoms with van der Waals surface area (Å²) in [5, 5.41) is 10.8. The Bertz CT molecular complexity index is 2040. The number of nitrogens with zero attached hydrogens (tertiary/aromatic N) is 3. The minimum absolute atomic E-state index is 0.00510. The van der Waals surface area contributed by atoms with Gasteiger partial charge in [0.25, 0.3) is 10.0 Å². The van der Waals surface area contributed by atoms with E-state index in [1.165, 1.54) is 96.3 Å². The highest BCUT2D eigenvalue weighted by molar-refractivity contribution is 7.90. The van der Waals surface area contributed by atoms with Crippen LogP contribution >= 0.6 is 0 Å². The van der Waals surface area contributed by atoms with Crippen molar-refractivity contribution in [3.05, 3.63) is 71.8 Å². The molecule has 0 unspecified atom stereocenters. The lowest BCUT2D eigenvalue weighted by atomic mass is 10.0. The summed E-state index contributed by atoms with van der Waals surface area (Å²) in [4.78, 5) is 39.9. The van der Waals surface area contributed by atoms with E-state index in [4.69, 9.17) is 14.6 Å². The molecule has 1 amide bonds. The molecule has 0 bridgehead atoms. The van der Waals surface area contributed by atoms with Gasteiger partial charge in [0.15, 0.2) is 0 Å². The van der Waals surface area contributed by atoms with Crippen molar-refractivity contribution in [3.63, 3.8) is 0 Å². The molecule has 0 aliphatic heterocycles. The highest BCUT2D eigenvalue weighted by Gasteiger charge is 2.30. The summed E-state index contributed by atoms with van der Waals surface area (Å²) in [6.45, 7) is 10.9. The van der Waals surface area contributed by atoms with Crippen molar-refractivity contribution in [2.45, 2.75) is 250 Å². The first-order valence-electron chi connectivity index (χ1n) is 31.2. The number of hydrogen-bond donors (Lipinski definition) is 3. The fraction of sp³-hybridized carbons (Fsp3) is 0.746. The van der Waals surface area contributed by atoms with Gasteiger partial charge in [-0.3, -0.25) is 9.59 Å². The molecule has 0 saturated carbocycles. The van der Waals surface area contributed by atoms with Crippen molar-refractivity contribution in [1.82, 2.24) is 19.8 Å². The molecule has 0 heterocycles. The zero-order chi connectivity index (χ0) is 59.0. The number of hydrogen-bond acceptors (Lipinski definition) is 10. The van der Waals surface area contributed by atoms with Crippen molar-refractivity contribution < 1.29 is 45.8 Å². The van der Waals surface area contributed by atoms with Gasteiger partial charge in [-0.25, -0.2) is 26.4 Å². The molecular weight excluding hydrogens is 1050 g/mol. The molecule has 0 spiro atoms. The third kappa shape index (κ3) is 41.7. The third-order valence-corrected chi connectivity index (χ3v) is 16.3. The molecule has 15 nitrogen and oxygen atoms in total. The average Bonchev–Trinajstić information content (AvgIpc) is 3.49. The van der Waals surface area contributed by atoms with Gasteiger partial charge in [0.05, 0.1) is 12.9 Å². The number of carboxylic acid groups (broad SMARTS) is 1. The Morgan fingerprint density at radius 2 is 0.938 bits per heavy atom. The predicted molar refractivity (Wildman–Crippen MR) is 330 cm³/mol. The maximum Gasteiger partial charge on any atom is 0.418 e. The van der Waals surface area contributed by atoms with E-state index in [-0.39, 0.29) is 18.0 Å². The molecule has 3 N–H and O–H groups in total. The number of amides is 1. The van der Waals surface area contributed by atoms with Crippen molar-refractivity contribution in [1.29, 1.82) is 0 Å².